The van der Waals surface area contributed by atoms with E-state index in [1.54, 1.807) is 0 Å². The quantitative estimate of drug-likeness (QED) is 0.368. The topological polar surface area (TPSA) is 62.5 Å². The average Bonchev–Trinajstić information content (AvgIpc) is 3.08. The molecule has 0 aliphatic heterocycles. The van der Waals surface area contributed by atoms with Gasteiger partial charge in [-0.25, -0.2) is 0 Å². The molecule has 23 heavy (non-hydrogen) atoms. The summed E-state index contributed by atoms with van der Waals surface area (Å²) in [6.45, 7) is 7.24. The highest BCUT2D eigenvalue weighted by molar-refractivity contribution is 14.0. The van der Waals surface area contributed by atoms with Crippen molar-refractivity contribution in [1.29, 1.82) is 0 Å². The fraction of sp³-hybridized carbons (Fsp3) is 0.765. The van der Waals surface area contributed by atoms with Gasteiger partial charge in [0.05, 0.1) is 12.2 Å². The van der Waals surface area contributed by atoms with Crippen molar-refractivity contribution in [2.45, 2.75) is 71.4 Å². The van der Waals surface area contributed by atoms with Crippen molar-refractivity contribution in [3.05, 3.63) is 17.5 Å². The second kappa shape index (κ2) is 10.2. The van der Waals surface area contributed by atoms with Gasteiger partial charge in [0, 0.05) is 25.1 Å². The third-order valence-corrected chi connectivity index (χ3v) is 4.54. The molecule has 2 unspecified atom stereocenters. The monoisotopic (exact) mass is 434 g/mol. The maximum absolute atomic E-state index is 5.43. The van der Waals surface area contributed by atoms with Gasteiger partial charge in [0.1, 0.15) is 0 Å². The van der Waals surface area contributed by atoms with Crippen LogP contribution in [0.25, 0.3) is 0 Å². The second-order valence-electron chi connectivity index (χ2n) is 6.19. The van der Waals surface area contributed by atoms with Crippen molar-refractivity contribution >= 4 is 29.9 Å². The van der Waals surface area contributed by atoms with Gasteiger partial charge in [0.25, 0.3) is 0 Å². The van der Waals surface area contributed by atoms with Crippen LogP contribution in [-0.2, 0) is 6.54 Å². The molecule has 6 heteroatoms. The van der Waals surface area contributed by atoms with Gasteiger partial charge in [0.15, 0.2) is 11.7 Å². The molecule has 0 spiro atoms. The average molecular weight is 434 g/mol. The Morgan fingerprint density at radius 2 is 2.13 bits per heavy atom. The van der Waals surface area contributed by atoms with Crippen LogP contribution < -0.4 is 10.6 Å². The van der Waals surface area contributed by atoms with Crippen LogP contribution in [0.15, 0.2) is 15.6 Å². The zero-order valence-electron chi connectivity index (χ0n) is 14.8. The number of hydrogen-bond donors (Lipinski definition) is 2. The number of hydrogen-bond acceptors (Lipinski definition) is 3. The molecule has 1 aliphatic rings. The van der Waals surface area contributed by atoms with Gasteiger partial charge < -0.3 is 15.2 Å². The van der Waals surface area contributed by atoms with Crippen molar-refractivity contribution < 1.29 is 4.52 Å². The zero-order valence-corrected chi connectivity index (χ0v) is 17.1. The summed E-state index contributed by atoms with van der Waals surface area (Å²) < 4.78 is 5.43. The number of halogens is 1. The maximum Gasteiger partial charge on any atom is 0.191 e. The van der Waals surface area contributed by atoms with E-state index >= 15 is 0 Å². The Morgan fingerprint density at radius 1 is 1.39 bits per heavy atom. The minimum absolute atomic E-state index is 0. The molecule has 1 aromatic heterocycles. The Kier molecular flexibility index (Phi) is 8.94. The fourth-order valence-corrected chi connectivity index (χ4v) is 2.97. The van der Waals surface area contributed by atoms with E-state index in [0.29, 0.717) is 18.5 Å². The van der Waals surface area contributed by atoms with Crippen molar-refractivity contribution in [1.82, 2.24) is 15.8 Å². The highest BCUT2D eigenvalue weighted by Gasteiger charge is 2.36. The van der Waals surface area contributed by atoms with E-state index in [-0.39, 0.29) is 24.0 Å². The van der Waals surface area contributed by atoms with Gasteiger partial charge in [-0.3, -0.25) is 4.99 Å². The summed E-state index contributed by atoms with van der Waals surface area (Å²) >= 11 is 0. The first-order valence-corrected chi connectivity index (χ1v) is 8.64. The standard InChI is InChI=1S/C17H30N4O.HI/c1-5-8-13-9-15(13)20-17(18-4)19-11-14-10-16(21-22-14)12(6-2)7-3;/h10,12-13,15H,5-9,11H2,1-4H3,(H2,18,19,20);1H. The van der Waals surface area contributed by atoms with Crippen LogP contribution in [0, 0.1) is 5.92 Å². The van der Waals surface area contributed by atoms with Crippen LogP contribution in [0.5, 0.6) is 0 Å². The lowest BCUT2D eigenvalue weighted by Crippen LogP contribution is -2.38. The molecule has 1 saturated carbocycles. The number of rotatable bonds is 8. The van der Waals surface area contributed by atoms with Crippen molar-refractivity contribution in [2.75, 3.05) is 7.05 Å². The highest BCUT2D eigenvalue weighted by Crippen LogP contribution is 2.34. The van der Waals surface area contributed by atoms with Gasteiger partial charge >= 0.3 is 0 Å². The molecule has 1 aromatic rings. The van der Waals surface area contributed by atoms with Crippen LogP contribution in [-0.4, -0.2) is 24.2 Å². The molecule has 1 heterocycles. The van der Waals surface area contributed by atoms with Crippen molar-refractivity contribution in [2.24, 2.45) is 10.9 Å². The van der Waals surface area contributed by atoms with E-state index in [1.165, 1.54) is 19.3 Å². The summed E-state index contributed by atoms with van der Waals surface area (Å²) in [7, 11) is 1.81. The molecule has 132 valence electrons. The summed E-state index contributed by atoms with van der Waals surface area (Å²) in [6.07, 6.45) is 6.01. The molecule has 0 aromatic carbocycles. The van der Waals surface area contributed by atoms with E-state index in [0.717, 1.165) is 36.2 Å². The van der Waals surface area contributed by atoms with Crippen molar-refractivity contribution in [3.8, 4) is 0 Å². The third kappa shape index (κ3) is 5.97. The number of aromatic nitrogens is 1. The molecule has 0 saturated heterocycles. The highest BCUT2D eigenvalue weighted by atomic mass is 127. The molecule has 2 atom stereocenters. The molecule has 2 rings (SSSR count). The van der Waals surface area contributed by atoms with Crippen LogP contribution in [0.4, 0.5) is 0 Å². The van der Waals surface area contributed by atoms with E-state index in [2.05, 4.69) is 47.6 Å². The van der Waals surface area contributed by atoms with Gasteiger partial charge in [0.2, 0.25) is 0 Å². The molecule has 0 amide bonds. The zero-order chi connectivity index (χ0) is 15.9. The van der Waals surface area contributed by atoms with E-state index in [9.17, 15) is 0 Å². The van der Waals surface area contributed by atoms with E-state index < -0.39 is 0 Å². The first-order valence-electron chi connectivity index (χ1n) is 8.64. The van der Waals surface area contributed by atoms with Gasteiger partial charge in [-0.1, -0.05) is 32.3 Å². The molecular weight excluding hydrogens is 403 g/mol. The minimum atomic E-state index is 0. The normalized spacial score (nSPS) is 20.3. The first kappa shape index (κ1) is 20.3. The Bertz CT molecular complexity index is 485. The SMILES string of the molecule is CCCC1CC1NC(=NC)NCc1cc(C(CC)CC)no1.I. The lowest BCUT2D eigenvalue weighted by molar-refractivity contribution is 0.368. The molecule has 1 fully saturated rings. The van der Waals surface area contributed by atoms with Crippen molar-refractivity contribution in [3.63, 3.8) is 0 Å². The Morgan fingerprint density at radius 3 is 2.74 bits per heavy atom. The van der Waals surface area contributed by atoms with Crippen LogP contribution in [0.3, 0.4) is 0 Å². The largest absolute Gasteiger partial charge is 0.359 e. The molecule has 0 radical (unpaired) electrons. The van der Waals surface area contributed by atoms with Crippen LogP contribution in [0.2, 0.25) is 0 Å². The maximum atomic E-state index is 5.43. The van der Waals surface area contributed by atoms with Gasteiger partial charge in [-0.15, -0.1) is 24.0 Å². The smallest absolute Gasteiger partial charge is 0.191 e. The molecule has 1 aliphatic carbocycles. The molecule has 5 nitrogen and oxygen atoms in total. The van der Waals surface area contributed by atoms with E-state index in [4.69, 9.17) is 4.52 Å². The Labute approximate surface area is 157 Å². The molecule has 0 bridgehead atoms. The second-order valence-corrected chi connectivity index (χ2v) is 6.19. The van der Waals surface area contributed by atoms with Crippen LogP contribution in [0.1, 0.15) is 70.2 Å². The number of nitrogens with zero attached hydrogens (tertiary/aromatic N) is 2. The van der Waals surface area contributed by atoms with Gasteiger partial charge in [-0.05, 0) is 31.6 Å². The molecule has 2 N–H and O–H groups in total. The third-order valence-electron chi connectivity index (χ3n) is 4.54. The van der Waals surface area contributed by atoms with E-state index in [1.807, 2.05) is 7.05 Å². The molecular formula is C17H31IN4O. The summed E-state index contributed by atoms with van der Waals surface area (Å²) in [5.74, 6) is 3.03. The minimum Gasteiger partial charge on any atom is -0.359 e. The summed E-state index contributed by atoms with van der Waals surface area (Å²) in [4.78, 5) is 4.28. The Hall–Kier alpha value is -0.790. The predicted octanol–water partition coefficient (Wildman–Crippen LogP) is 4.05. The number of guanidine groups is 1. The lowest BCUT2D eigenvalue weighted by Gasteiger charge is -2.10. The lowest BCUT2D eigenvalue weighted by atomic mass is 9.99. The first-order chi connectivity index (χ1) is 10.7. The number of aliphatic imine (C=N–C) groups is 1. The summed E-state index contributed by atoms with van der Waals surface area (Å²) in [5.41, 5.74) is 1.06. The van der Waals surface area contributed by atoms with Gasteiger partial charge in [-0.2, -0.15) is 0 Å². The van der Waals surface area contributed by atoms with Crippen LogP contribution >= 0.6 is 24.0 Å². The fourth-order valence-electron chi connectivity index (χ4n) is 2.97. The Balaban J connectivity index is 0.00000264. The summed E-state index contributed by atoms with van der Waals surface area (Å²) in [5, 5.41) is 11.0. The predicted molar refractivity (Wildman–Crippen MR) is 105 cm³/mol. The number of nitrogens with one attached hydrogen (secondary N) is 2. The summed E-state index contributed by atoms with van der Waals surface area (Å²) in [6, 6.07) is 2.65.